The third kappa shape index (κ3) is 5.83. The van der Waals surface area contributed by atoms with Crippen LogP contribution in [0, 0.1) is 5.92 Å². The van der Waals surface area contributed by atoms with Crippen molar-refractivity contribution in [2.24, 2.45) is 5.92 Å². The fourth-order valence-electron chi connectivity index (χ4n) is 3.52. The van der Waals surface area contributed by atoms with E-state index in [1.807, 2.05) is 47.4 Å². The smallest absolute Gasteiger partial charge is 0.227 e. The molecule has 2 aromatic rings. The number of ether oxygens (including phenoxy) is 2. The van der Waals surface area contributed by atoms with Crippen LogP contribution in [0.4, 0.5) is 5.69 Å². The highest BCUT2D eigenvalue weighted by Crippen LogP contribution is 2.37. The maximum Gasteiger partial charge on any atom is 0.227 e. The Hall–Kier alpha value is -2.33. The van der Waals surface area contributed by atoms with Crippen LogP contribution in [0.3, 0.4) is 0 Å². The van der Waals surface area contributed by atoms with E-state index in [0.717, 1.165) is 24.3 Å². The predicted molar refractivity (Wildman–Crippen MR) is 113 cm³/mol. The van der Waals surface area contributed by atoms with Crippen molar-refractivity contribution in [3.63, 3.8) is 0 Å². The molecule has 1 atom stereocenters. The fourth-order valence-corrected chi connectivity index (χ4v) is 3.52. The largest absolute Gasteiger partial charge is 0.497 e. The molecule has 0 saturated heterocycles. The van der Waals surface area contributed by atoms with Crippen LogP contribution in [-0.4, -0.2) is 32.3 Å². The van der Waals surface area contributed by atoms with E-state index in [-0.39, 0.29) is 11.9 Å². The maximum atomic E-state index is 13.0. The third-order valence-corrected chi connectivity index (χ3v) is 5.39. The lowest BCUT2D eigenvalue weighted by Gasteiger charge is -2.30. The number of carbonyl (C=O) groups is 1. The highest BCUT2D eigenvalue weighted by atomic mass is 16.5. The Kier molecular flexibility index (Phi) is 7.49. The van der Waals surface area contributed by atoms with Gasteiger partial charge in [-0.2, -0.15) is 0 Å². The summed E-state index contributed by atoms with van der Waals surface area (Å²) in [4.78, 5) is 14.9. The number of methoxy groups -OCH3 is 1. The zero-order chi connectivity index (χ0) is 19.8. The first-order valence-electron chi connectivity index (χ1n) is 10.3. The van der Waals surface area contributed by atoms with E-state index in [2.05, 4.69) is 19.1 Å². The van der Waals surface area contributed by atoms with Gasteiger partial charge in [-0.25, -0.2) is 0 Å². The van der Waals surface area contributed by atoms with Crippen molar-refractivity contribution >= 4 is 11.6 Å². The summed E-state index contributed by atoms with van der Waals surface area (Å²) in [5.74, 6) is 1.60. The van der Waals surface area contributed by atoms with Gasteiger partial charge in [0.25, 0.3) is 0 Å². The zero-order valence-corrected chi connectivity index (χ0v) is 17.0. The van der Waals surface area contributed by atoms with Crippen molar-refractivity contribution in [2.75, 3.05) is 25.2 Å². The van der Waals surface area contributed by atoms with E-state index in [4.69, 9.17) is 9.47 Å². The van der Waals surface area contributed by atoms with Crippen LogP contribution < -0.4 is 9.64 Å². The van der Waals surface area contributed by atoms with Crippen molar-refractivity contribution in [1.29, 1.82) is 0 Å². The minimum absolute atomic E-state index is 0.177. The lowest BCUT2D eigenvalue weighted by molar-refractivity contribution is -0.119. The van der Waals surface area contributed by atoms with Gasteiger partial charge < -0.3 is 14.4 Å². The van der Waals surface area contributed by atoms with Gasteiger partial charge in [0, 0.05) is 24.8 Å². The molecule has 28 heavy (non-hydrogen) atoms. The number of nitrogens with zero attached hydrogens (tertiary/aromatic N) is 1. The number of rotatable bonds is 11. The Labute approximate surface area is 168 Å². The number of anilines is 1. The Balaban J connectivity index is 1.47. The molecule has 1 unspecified atom stereocenters. The zero-order valence-electron chi connectivity index (χ0n) is 17.0. The quantitative estimate of drug-likeness (QED) is 0.522. The number of hydrogen-bond acceptors (Lipinski definition) is 3. The number of carbonyl (C=O) groups excluding carboxylic acids is 1. The molecular formula is C24H31NO3. The minimum Gasteiger partial charge on any atom is -0.497 e. The molecule has 1 fully saturated rings. The predicted octanol–water partition coefficient (Wildman–Crippen LogP) is 4.87. The summed E-state index contributed by atoms with van der Waals surface area (Å²) in [5, 5.41) is 0. The molecule has 0 bridgehead atoms. The summed E-state index contributed by atoms with van der Waals surface area (Å²) in [6.45, 7) is 3.47. The molecule has 1 amide bonds. The molecule has 0 spiro atoms. The van der Waals surface area contributed by atoms with Crippen molar-refractivity contribution < 1.29 is 14.3 Å². The van der Waals surface area contributed by atoms with Gasteiger partial charge in [0.2, 0.25) is 5.91 Å². The molecule has 0 aromatic heterocycles. The van der Waals surface area contributed by atoms with Crippen LogP contribution in [0.25, 0.3) is 0 Å². The number of benzene rings is 2. The van der Waals surface area contributed by atoms with Gasteiger partial charge in [-0.05, 0) is 68.4 Å². The van der Waals surface area contributed by atoms with Gasteiger partial charge in [0.05, 0.1) is 13.7 Å². The van der Waals surface area contributed by atoms with Crippen molar-refractivity contribution in [2.45, 2.75) is 45.1 Å². The van der Waals surface area contributed by atoms with E-state index in [0.29, 0.717) is 25.6 Å². The van der Waals surface area contributed by atoms with Crippen molar-refractivity contribution in [1.82, 2.24) is 0 Å². The van der Waals surface area contributed by atoms with Crippen LogP contribution in [0.15, 0.2) is 54.6 Å². The summed E-state index contributed by atoms with van der Waals surface area (Å²) in [5.41, 5.74) is 2.23. The monoisotopic (exact) mass is 381 g/mol. The van der Waals surface area contributed by atoms with E-state index < -0.39 is 0 Å². The molecule has 1 saturated carbocycles. The van der Waals surface area contributed by atoms with Gasteiger partial charge in [0.1, 0.15) is 5.75 Å². The van der Waals surface area contributed by atoms with Crippen LogP contribution >= 0.6 is 0 Å². The summed E-state index contributed by atoms with van der Waals surface area (Å²) in [7, 11) is 1.66. The van der Waals surface area contributed by atoms with E-state index in [1.54, 1.807) is 7.11 Å². The van der Waals surface area contributed by atoms with Gasteiger partial charge in [-0.15, -0.1) is 0 Å². The van der Waals surface area contributed by atoms with Gasteiger partial charge in [0.15, 0.2) is 0 Å². The van der Waals surface area contributed by atoms with E-state index in [1.165, 1.54) is 18.4 Å². The van der Waals surface area contributed by atoms with Crippen LogP contribution in [-0.2, 0) is 16.0 Å². The Morgan fingerprint density at radius 3 is 2.43 bits per heavy atom. The summed E-state index contributed by atoms with van der Waals surface area (Å²) in [6.07, 6.45) is 4.59. The first kappa shape index (κ1) is 20.4. The standard InChI is InChI=1S/C24H31NO3/c1-19(21-10-11-21)25(22-12-14-23(27-2)15-13-22)24(26)9-6-17-28-18-16-20-7-4-3-5-8-20/h3-5,7-8,12-15,19,21H,6,9-11,16-18H2,1-2H3. The van der Waals surface area contributed by atoms with Gasteiger partial charge in [-0.1, -0.05) is 30.3 Å². The molecule has 3 rings (SSSR count). The van der Waals surface area contributed by atoms with Crippen molar-refractivity contribution in [3.8, 4) is 5.75 Å². The van der Waals surface area contributed by atoms with Crippen LogP contribution in [0.1, 0.15) is 38.2 Å². The summed E-state index contributed by atoms with van der Waals surface area (Å²) < 4.78 is 11.0. The van der Waals surface area contributed by atoms with Crippen molar-refractivity contribution in [3.05, 3.63) is 60.2 Å². The first-order valence-corrected chi connectivity index (χ1v) is 10.3. The number of amides is 1. The molecule has 0 aliphatic heterocycles. The molecule has 0 radical (unpaired) electrons. The Morgan fingerprint density at radius 1 is 1.07 bits per heavy atom. The Bertz CT molecular complexity index is 725. The van der Waals surface area contributed by atoms with Crippen LogP contribution in [0.2, 0.25) is 0 Å². The average Bonchev–Trinajstić information content (AvgIpc) is 3.57. The maximum absolute atomic E-state index is 13.0. The van der Waals surface area contributed by atoms with Crippen LogP contribution in [0.5, 0.6) is 5.75 Å². The normalized spacial score (nSPS) is 14.5. The first-order chi connectivity index (χ1) is 13.7. The molecule has 4 heteroatoms. The second kappa shape index (κ2) is 10.3. The molecule has 1 aliphatic carbocycles. The molecule has 0 N–H and O–H groups in total. The highest BCUT2D eigenvalue weighted by Gasteiger charge is 2.34. The number of hydrogen-bond donors (Lipinski definition) is 0. The molecule has 2 aromatic carbocycles. The molecule has 1 aliphatic rings. The highest BCUT2D eigenvalue weighted by molar-refractivity contribution is 5.94. The van der Waals surface area contributed by atoms with Gasteiger partial charge >= 0.3 is 0 Å². The topological polar surface area (TPSA) is 38.8 Å². The van der Waals surface area contributed by atoms with E-state index >= 15 is 0 Å². The third-order valence-electron chi connectivity index (χ3n) is 5.39. The lowest BCUT2D eigenvalue weighted by atomic mass is 10.1. The molecule has 4 nitrogen and oxygen atoms in total. The second-order valence-corrected chi connectivity index (χ2v) is 7.49. The molecule has 150 valence electrons. The molecular weight excluding hydrogens is 350 g/mol. The van der Waals surface area contributed by atoms with E-state index in [9.17, 15) is 4.79 Å². The fraction of sp³-hybridized carbons (Fsp3) is 0.458. The summed E-state index contributed by atoms with van der Waals surface area (Å²) >= 11 is 0. The Morgan fingerprint density at radius 2 is 1.79 bits per heavy atom. The lowest BCUT2D eigenvalue weighted by Crippen LogP contribution is -2.40. The SMILES string of the molecule is COc1ccc(N(C(=O)CCCOCCc2ccccc2)C(C)C2CC2)cc1. The minimum atomic E-state index is 0.177. The average molecular weight is 382 g/mol. The van der Waals surface area contributed by atoms with Gasteiger partial charge in [-0.3, -0.25) is 4.79 Å². The summed E-state index contributed by atoms with van der Waals surface area (Å²) in [6, 6.07) is 18.4. The second-order valence-electron chi connectivity index (χ2n) is 7.49. The molecule has 0 heterocycles.